The summed E-state index contributed by atoms with van der Waals surface area (Å²) in [4.78, 5) is 15.1. The molecule has 5 nitrogen and oxygen atoms in total. The summed E-state index contributed by atoms with van der Waals surface area (Å²) in [6, 6.07) is 4.36. The van der Waals surface area contributed by atoms with Gasteiger partial charge in [-0.2, -0.15) is 0 Å². The Labute approximate surface area is 92.5 Å². The zero-order valence-electron chi connectivity index (χ0n) is 8.92. The number of fused-ring (bicyclic) bond motifs is 1. The van der Waals surface area contributed by atoms with Crippen molar-refractivity contribution in [1.82, 2.24) is 9.38 Å². The minimum atomic E-state index is -1.04. The van der Waals surface area contributed by atoms with E-state index in [0.717, 1.165) is 17.8 Å². The first-order chi connectivity index (χ1) is 7.65. The van der Waals surface area contributed by atoms with Gasteiger partial charge in [0.25, 0.3) is 0 Å². The normalized spacial score (nSPS) is 12.9. The molecule has 0 aliphatic rings. The molecule has 3 N–H and O–H groups in total. The Hall–Kier alpha value is -1.88. The molecule has 0 amide bonds. The lowest BCUT2D eigenvalue weighted by Crippen LogP contribution is -2.23. The molecule has 0 aromatic carbocycles. The number of aliphatic carboxylic acids is 1. The summed E-state index contributed by atoms with van der Waals surface area (Å²) in [6.07, 6.45) is 2.45. The highest BCUT2D eigenvalue weighted by Gasteiger charge is 2.18. The van der Waals surface area contributed by atoms with Crippen molar-refractivity contribution in [3.63, 3.8) is 0 Å². The summed E-state index contributed by atoms with van der Waals surface area (Å²) < 4.78 is 1.80. The summed E-state index contributed by atoms with van der Waals surface area (Å²) in [7, 11) is 0. The molecule has 2 aromatic heterocycles. The smallest absolute Gasteiger partial charge is 0.326 e. The molecule has 0 radical (unpaired) electrons. The summed E-state index contributed by atoms with van der Waals surface area (Å²) in [5.41, 5.74) is 7.06. The van der Waals surface area contributed by atoms with Crippen LogP contribution >= 0.6 is 0 Å². The van der Waals surface area contributed by atoms with Crippen LogP contribution in [-0.2, 0) is 11.2 Å². The fraction of sp³-hybridized carbons (Fsp3) is 0.273. The van der Waals surface area contributed by atoms with Gasteiger partial charge in [-0.25, -0.2) is 4.98 Å². The fourth-order valence-electron chi connectivity index (χ4n) is 1.76. The van der Waals surface area contributed by atoms with E-state index in [0.29, 0.717) is 5.69 Å². The highest BCUT2D eigenvalue weighted by Crippen LogP contribution is 2.16. The third-order valence-electron chi connectivity index (χ3n) is 2.56. The predicted molar refractivity (Wildman–Crippen MR) is 59.1 cm³/mol. The van der Waals surface area contributed by atoms with E-state index in [1.54, 1.807) is 22.7 Å². The van der Waals surface area contributed by atoms with Crippen LogP contribution in [0, 0.1) is 0 Å². The lowest BCUT2D eigenvalue weighted by Gasteiger charge is -2.11. The second-order valence-electron chi connectivity index (χ2n) is 3.55. The average molecular weight is 219 g/mol. The number of hydrogen-bond donors (Lipinski definition) is 2. The van der Waals surface area contributed by atoms with Crippen LogP contribution in [0.3, 0.4) is 0 Å². The Morgan fingerprint density at radius 2 is 2.38 bits per heavy atom. The first kappa shape index (κ1) is 10.6. The number of carbonyl (C=O) groups is 1. The van der Waals surface area contributed by atoms with Gasteiger partial charge in [0.1, 0.15) is 11.9 Å². The number of carboxylic acid groups (broad SMARTS) is 1. The predicted octanol–water partition coefficient (Wildman–Crippen LogP) is 0.981. The molecule has 0 fully saturated rings. The van der Waals surface area contributed by atoms with Gasteiger partial charge in [-0.1, -0.05) is 13.0 Å². The maximum absolute atomic E-state index is 10.9. The molecule has 2 rings (SSSR count). The minimum absolute atomic E-state index is 0.555. The van der Waals surface area contributed by atoms with Crippen LogP contribution in [-0.4, -0.2) is 20.5 Å². The summed E-state index contributed by atoms with van der Waals surface area (Å²) in [5.74, 6) is -0.217. The van der Waals surface area contributed by atoms with Crippen molar-refractivity contribution in [1.29, 1.82) is 0 Å². The third kappa shape index (κ3) is 1.55. The van der Waals surface area contributed by atoms with E-state index in [1.165, 1.54) is 0 Å². The van der Waals surface area contributed by atoms with Crippen LogP contribution in [0.2, 0.25) is 0 Å². The van der Waals surface area contributed by atoms with Gasteiger partial charge >= 0.3 is 5.97 Å². The van der Waals surface area contributed by atoms with E-state index in [9.17, 15) is 4.79 Å². The van der Waals surface area contributed by atoms with Crippen LogP contribution in [0.5, 0.6) is 0 Å². The van der Waals surface area contributed by atoms with Gasteiger partial charge in [0.2, 0.25) is 0 Å². The largest absolute Gasteiger partial charge is 0.480 e. The van der Waals surface area contributed by atoms with Crippen molar-refractivity contribution < 1.29 is 9.90 Å². The van der Waals surface area contributed by atoms with E-state index in [4.69, 9.17) is 10.8 Å². The van der Waals surface area contributed by atoms with Crippen molar-refractivity contribution in [2.75, 3.05) is 0 Å². The Morgan fingerprint density at radius 1 is 1.62 bits per heavy atom. The van der Waals surface area contributed by atoms with Gasteiger partial charge in [-0.3, -0.25) is 9.20 Å². The van der Waals surface area contributed by atoms with Gasteiger partial charge in [0.05, 0.1) is 17.4 Å². The Kier molecular flexibility index (Phi) is 2.62. The standard InChI is InChI=1S/C11H13N3O2/c1-2-9-13-6-7-4-3-5-8(14(7)9)10(12)11(15)16/h3-6,10H,2,12H2,1H3,(H,15,16). The van der Waals surface area contributed by atoms with E-state index in [1.807, 2.05) is 13.0 Å². The fourth-order valence-corrected chi connectivity index (χ4v) is 1.76. The number of carboxylic acids is 1. The lowest BCUT2D eigenvalue weighted by molar-refractivity contribution is -0.138. The van der Waals surface area contributed by atoms with Gasteiger partial charge in [0.15, 0.2) is 0 Å². The molecule has 16 heavy (non-hydrogen) atoms. The highest BCUT2D eigenvalue weighted by molar-refractivity contribution is 5.75. The number of imidazole rings is 1. The van der Waals surface area contributed by atoms with Crippen molar-refractivity contribution in [3.05, 3.63) is 35.9 Å². The number of pyridine rings is 1. The molecule has 0 saturated heterocycles. The van der Waals surface area contributed by atoms with Crippen LogP contribution < -0.4 is 5.73 Å². The number of hydrogen-bond acceptors (Lipinski definition) is 3. The Bertz CT molecular complexity index is 533. The van der Waals surface area contributed by atoms with Crippen LogP contribution in [0.4, 0.5) is 0 Å². The molecule has 2 aromatic rings. The maximum atomic E-state index is 10.9. The van der Waals surface area contributed by atoms with E-state index >= 15 is 0 Å². The SMILES string of the molecule is CCc1ncc2cccc(C(N)C(=O)O)n12. The molecule has 5 heteroatoms. The molecule has 1 atom stereocenters. The van der Waals surface area contributed by atoms with Crippen molar-refractivity contribution in [2.24, 2.45) is 5.73 Å². The molecule has 0 saturated carbocycles. The van der Waals surface area contributed by atoms with Crippen LogP contribution in [0.1, 0.15) is 24.5 Å². The quantitative estimate of drug-likeness (QED) is 0.806. The number of nitrogens with zero attached hydrogens (tertiary/aromatic N) is 2. The second-order valence-corrected chi connectivity index (χ2v) is 3.55. The van der Waals surface area contributed by atoms with Gasteiger partial charge in [-0.15, -0.1) is 0 Å². The number of rotatable bonds is 3. The van der Waals surface area contributed by atoms with Crippen LogP contribution in [0.15, 0.2) is 24.4 Å². The van der Waals surface area contributed by atoms with Gasteiger partial charge in [-0.05, 0) is 12.1 Å². The minimum Gasteiger partial charge on any atom is -0.480 e. The molecule has 0 aliphatic carbocycles. The molecule has 0 bridgehead atoms. The molecule has 0 spiro atoms. The monoisotopic (exact) mass is 219 g/mol. The third-order valence-corrected chi connectivity index (χ3v) is 2.56. The van der Waals surface area contributed by atoms with Gasteiger partial charge in [0, 0.05) is 6.42 Å². The molecular weight excluding hydrogens is 206 g/mol. The number of aryl methyl sites for hydroxylation is 1. The Balaban J connectivity index is 2.68. The maximum Gasteiger partial charge on any atom is 0.326 e. The first-order valence-electron chi connectivity index (χ1n) is 5.08. The second kappa shape index (κ2) is 3.94. The Morgan fingerprint density at radius 3 is 3.00 bits per heavy atom. The average Bonchev–Trinajstić information content (AvgIpc) is 2.70. The van der Waals surface area contributed by atoms with Crippen molar-refractivity contribution >= 4 is 11.5 Å². The van der Waals surface area contributed by atoms with Crippen molar-refractivity contribution in [3.8, 4) is 0 Å². The first-order valence-corrected chi connectivity index (χ1v) is 5.08. The van der Waals surface area contributed by atoms with E-state index in [2.05, 4.69) is 4.98 Å². The number of nitrogens with two attached hydrogens (primary N) is 1. The summed E-state index contributed by atoms with van der Waals surface area (Å²) >= 11 is 0. The van der Waals surface area contributed by atoms with Gasteiger partial charge < -0.3 is 10.8 Å². The summed E-state index contributed by atoms with van der Waals surface area (Å²) in [6.45, 7) is 1.97. The van der Waals surface area contributed by atoms with Crippen molar-refractivity contribution in [2.45, 2.75) is 19.4 Å². The molecule has 2 heterocycles. The molecule has 84 valence electrons. The molecule has 0 aliphatic heterocycles. The highest BCUT2D eigenvalue weighted by atomic mass is 16.4. The molecular formula is C11H13N3O2. The zero-order valence-corrected chi connectivity index (χ0v) is 8.92. The topological polar surface area (TPSA) is 80.6 Å². The van der Waals surface area contributed by atoms with E-state index in [-0.39, 0.29) is 0 Å². The van der Waals surface area contributed by atoms with E-state index < -0.39 is 12.0 Å². The van der Waals surface area contributed by atoms with Crippen LogP contribution in [0.25, 0.3) is 5.52 Å². The summed E-state index contributed by atoms with van der Waals surface area (Å²) in [5, 5.41) is 8.94. The zero-order chi connectivity index (χ0) is 11.7. The number of aromatic nitrogens is 2. The lowest BCUT2D eigenvalue weighted by atomic mass is 10.2. The molecule has 1 unspecified atom stereocenters.